The van der Waals surface area contributed by atoms with Gasteiger partial charge >= 0.3 is 20.0 Å². The summed E-state index contributed by atoms with van der Waals surface area (Å²) in [6, 6.07) is 2.01. The Labute approximate surface area is 324 Å². The lowest BCUT2D eigenvalue weighted by molar-refractivity contribution is -0.0421. The summed E-state index contributed by atoms with van der Waals surface area (Å²) in [6.45, 7) is 25.7. The molecule has 0 aromatic carbocycles. The first-order valence-electron chi connectivity index (χ1n) is 18.3. The maximum atomic E-state index is 12.4. The van der Waals surface area contributed by atoms with Crippen molar-refractivity contribution in [3.8, 4) is 6.07 Å². The number of rotatable bonds is 12. The Morgan fingerprint density at radius 1 is 0.827 bits per heavy atom. The van der Waals surface area contributed by atoms with Gasteiger partial charge in [-0.1, -0.05) is 82.6 Å². The summed E-state index contributed by atoms with van der Waals surface area (Å²) in [6.07, 6.45) is 2.15. The zero-order chi connectivity index (χ0) is 40.4. The Balaban J connectivity index is 0. The fourth-order valence-corrected chi connectivity index (χ4v) is 6.05. The molecule has 2 aliphatic heterocycles. The zero-order valence-electron chi connectivity index (χ0n) is 33.3. The third-order valence-corrected chi connectivity index (χ3v) is 8.39. The Kier molecular flexibility index (Phi) is 30.1. The molecular weight excluding hydrogens is 808 g/mol. The molecular formula is C35H63IN5O10P. The Hall–Kier alpha value is -2.23. The van der Waals surface area contributed by atoms with Gasteiger partial charge in [0.1, 0.15) is 41.6 Å². The van der Waals surface area contributed by atoms with Crippen LogP contribution in [0.15, 0.2) is 31.6 Å². The van der Waals surface area contributed by atoms with E-state index in [9.17, 15) is 19.2 Å². The molecule has 0 aliphatic carbocycles. The second-order valence-corrected chi connectivity index (χ2v) is 12.3. The lowest BCUT2D eigenvalue weighted by Gasteiger charge is -2.24. The van der Waals surface area contributed by atoms with Gasteiger partial charge in [0, 0.05) is 29.9 Å². The summed E-state index contributed by atoms with van der Waals surface area (Å²) >= 11 is 1.74. The number of aromatic amines is 2. The SMILES string of the molecule is CC.CC.CC.CC.CCC.Cc1cn(C2CC(C)C(COP(OCCC#N)OC3CC(n4cc(C)c(=O)[nH]c4=O)OC3COI)O2)c(=O)[nH]c1=O. The number of nitriles is 1. The van der Waals surface area contributed by atoms with Crippen molar-refractivity contribution in [2.24, 2.45) is 5.92 Å². The summed E-state index contributed by atoms with van der Waals surface area (Å²) in [5, 5.41) is 8.97. The molecule has 7 unspecified atom stereocenters. The number of nitrogens with zero attached hydrogens (tertiary/aromatic N) is 3. The van der Waals surface area contributed by atoms with Crippen LogP contribution in [0.1, 0.15) is 125 Å². The molecule has 2 fully saturated rings. The number of halogens is 1. The fraction of sp³-hybridized carbons (Fsp3) is 0.743. The van der Waals surface area contributed by atoms with Gasteiger partial charge in [-0.25, -0.2) is 9.59 Å². The van der Waals surface area contributed by atoms with E-state index in [1.54, 1.807) is 36.9 Å². The minimum atomic E-state index is -1.98. The van der Waals surface area contributed by atoms with E-state index in [0.717, 1.165) is 0 Å². The smallest absolute Gasteiger partial charge is 0.333 e. The van der Waals surface area contributed by atoms with E-state index < -0.39 is 61.9 Å². The van der Waals surface area contributed by atoms with Crippen molar-refractivity contribution in [1.29, 1.82) is 5.26 Å². The molecule has 4 heterocycles. The lowest BCUT2D eigenvalue weighted by atomic mass is 10.0. The maximum Gasteiger partial charge on any atom is 0.333 e. The Morgan fingerprint density at radius 3 is 1.75 bits per heavy atom. The summed E-state index contributed by atoms with van der Waals surface area (Å²) in [5.74, 6) is 0.00445. The number of ether oxygens (including phenoxy) is 2. The van der Waals surface area contributed by atoms with Crippen LogP contribution < -0.4 is 22.5 Å². The molecule has 0 amide bonds. The van der Waals surface area contributed by atoms with Gasteiger partial charge in [-0.2, -0.15) is 5.26 Å². The van der Waals surface area contributed by atoms with E-state index in [1.807, 2.05) is 68.4 Å². The highest BCUT2D eigenvalue weighted by Gasteiger charge is 2.41. The molecule has 7 atom stereocenters. The first kappa shape index (κ1) is 51.9. The topological polar surface area (TPSA) is 189 Å². The quantitative estimate of drug-likeness (QED) is 0.123. The van der Waals surface area contributed by atoms with Crippen molar-refractivity contribution in [3.63, 3.8) is 0 Å². The van der Waals surface area contributed by atoms with Gasteiger partial charge in [-0.05, 0) is 26.2 Å². The van der Waals surface area contributed by atoms with Crippen molar-refractivity contribution in [1.82, 2.24) is 19.1 Å². The van der Waals surface area contributed by atoms with Crippen LogP contribution in [0.5, 0.6) is 0 Å². The number of aryl methyl sites for hydroxylation is 2. The minimum absolute atomic E-state index is 0.00445. The average molecular weight is 872 g/mol. The molecule has 0 radical (unpaired) electrons. The van der Waals surface area contributed by atoms with Crippen LogP contribution >= 0.6 is 31.6 Å². The Bertz CT molecular complexity index is 1510. The largest absolute Gasteiger partial charge is 0.352 e. The molecule has 300 valence electrons. The molecule has 0 bridgehead atoms. The average Bonchev–Trinajstić information content (AvgIpc) is 3.72. The van der Waals surface area contributed by atoms with Crippen LogP contribution in [0.4, 0.5) is 0 Å². The molecule has 52 heavy (non-hydrogen) atoms. The number of hydrogen-bond acceptors (Lipinski definition) is 11. The van der Waals surface area contributed by atoms with Gasteiger partial charge < -0.3 is 26.1 Å². The van der Waals surface area contributed by atoms with Crippen molar-refractivity contribution < 1.29 is 26.1 Å². The highest BCUT2D eigenvalue weighted by atomic mass is 127. The highest BCUT2D eigenvalue weighted by molar-refractivity contribution is 14.1. The van der Waals surface area contributed by atoms with Gasteiger partial charge in [0.2, 0.25) is 0 Å². The third-order valence-electron chi connectivity index (χ3n) is 6.84. The van der Waals surface area contributed by atoms with Crippen LogP contribution in [-0.2, 0) is 26.1 Å². The molecule has 2 aromatic rings. The van der Waals surface area contributed by atoms with Crippen LogP contribution in [-0.4, -0.2) is 57.2 Å². The molecule has 2 aromatic heterocycles. The summed E-state index contributed by atoms with van der Waals surface area (Å²) in [7, 11) is -1.98. The first-order valence-corrected chi connectivity index (χ1v) is 20.3. The van der Waals surface area contributed by atoms with E-state index >= 15 is 0 Å². The zero-order valence-corrected chi connectivity index (χ0v) is 36.4. The van der Waals surface area contributed by atoms with E-state index in [2.05, 4.69) is 23.8 Å². The molecule has 2 aliphatic rings. The van der Waals surface area contributed by atoms with E-state index in [-0.39, 0.29) is 38.6 Å². The molecule has 15 nitrogen and oxygen atoms in total. The molecule has 4 rings (SSSR count). The number of hydrogen-bond donors (Lipinski definition) is 2. The summed E-state index contributed by atoms with van der Waals surface area (Å²) in [4.78, 5) is 52.9. The fourth-order valence-electron chi connectivity index (χ4n) is 4.55. The number of H-pyrrole nitrogens is 2. The van der Waals surface area contributed by atoms with E-state index in [0.29, 0.717) is 17.5 Å². The van der Waals surface area contributed by atoms with Crippen molar-refractivity contribution in [2.75, 3.05) is 19.8 Å². The number of aromatic nitrogens is 4. The Morgan fingerprint density at radius 2 is 1.29 bits per heavy atom. The molecule has 2 N–H and O–H groups in total. The van der Waals surface area contributed by atoms with Crippen molar-refractivity contribution in [3.05, 3.63) is 65.2 Å². The molecule has 2 saturated heterocycles. The van der Waals surface area contributed by atoms with Gasteiger partial charge in [0.15, 0.2) is 0 Å². The van der Waals surface area contributed by atoms with Gasteiger partial charge in [-0.15, -0.1) is 0 Å². The van der Waals surface area contributed by atoms with Crippen LogP contribution in [0, 0.1) is 31.1 Å². The molecule has 0 saturated carbocycles. The summed E-state index contributed by atoms with van der Waals surface area (Å²) < 4.78 is 38.0. The van der Waals surface area contributed by atoms with E-state index in [1.165, 1.54) is 27.9 Å². The van der Waals surface area contributed by atoms with Crippen LogP contribution in [0.3, 0.4) is 0 Å². The lowest BCUT2D eigenvalue weighted by Crippen LogP contribution is -2.33. The van der Waals surface area contributed by atoms with E-state index in [4.69, 9.17) is 31.4 Å². The van der Waals surface area contributed by atoms with Gasteiger partial charge in [0.05, 0.1) is 44.5 Å². The second kappa shape index (κ2) is 30.1. The minimum Gasteiger partial charge on any atom is -0.352 e. The van der Waals surface area contributed by atoms with Gasteiger partial charge in [-0.3, -0.25) is 28.7 Å². The van der Waals surface area contributed by atoms with Crippen LogP contribution in [0.25, 0.3) is 0 Å². The predicted octanol–water partition coefficient (Wildman–Crippen LogP) is 7.36. The molecule has 0 spiro atoms. The van der Waals surface area contributed by atoms with Gasteiger partial charge in [0.25, 0.3) is 11.1 Å². The maximum absolute atomic E-state index is 12.4. The normalized spacial score (nSPS) is 21.9. The highest BCUT2D eigenvalue weighted by Crippen LogP contribution is 2.47. The standard InChI is InChI=1S/C24H31IN5O10P.C3H8.4C2H6/c1-13-7-19(29-9-14(2)21(31)27-23(29)33)38-17(13)12-37-41(36-6-4-5-26)40-16-8-20(39-18(16)11-35-25)30-10-15(3)22(32)28-24(30)34;1-3-2;4*1-2/h9-10,13,16-20H,4,6-8,11-12H2,1-3H3,(H,27,31,33)(H,28,32,34);3H2,1-2H3;4*1-2H3. The van der Waals surface area contributed by atoms with Crippen molar-refractivity contribution >= 4 is 31.6 Å². The predicted molar refractivity (Wildman–Crippen MR) is 214 cm³/mol. The summed E-state index contributed by atoms with van der Waals surface area (Å²) in [5.41, 5.74) is -1.33. The first-order chi connectivity index (χ1) is 25.0. The monoisotopic (exact) mass is 871 g/mol. The second-order valence-electron chi connectivity index (χ2n) is 10.6. The number of nitrogens with one attached hydrogen (secondary N) is 2. The van der Waals surface area contributed by atoms with Crippen molar-refractivity contribution in [2.45, 2.75) is 146 Å². The van der Waals surface area contributed by atoms with Crippen LogP contribution in [0.2, 0.25) is 0 Å². The third kappa shape index (κ3) is 16.8. The molecule has 17 heteroatoms.